The molecule has 0 bridgehead atoms. The van der Waals surface area contributed by atoms with Crippen molar-refractivity contribution in [1.82, 2.24) is 35.1 Å². The quantitative estimate of drug-likeness (QED) is 0.0339. The fraction of sp³-hybridized carbons (Fsp3) is 0.292. The Labute approximate surface area is 388 Å². The first-order valence-corrected chi connectivity index (χ1v) is 20.0. The topological polar surface area (TPSA) is 167 Å². The number of nitrogens with one attached hydrogen (secondary N) is 3. The van der Waals surface area contributed by atoms with E-state index in [1.54, 1.807) is 4.90 Å². The third-order valence-electron chi connectivity index (χ3n) is 11.0. The summed E-state index contributed by atoms with van der Waals surface area (Å²) in [7, 11) is 2.67. The summed E-state index contributed by atoms with van der Waals surface area (Å²) in [6.07, 6.45) is 9.63. The number of ether oxygens (including phenoxy) is 1. The van der Waals surface area contributed by atoms with Gasteiger partial charge in [-0.05, 0) is 65.6 Å². The summed E-state index contributed by atoms with van der Waals surface area (Å²) in [6, 6.07) is 30.7. The van der Waals surface area contributed by atoms with E-state index in [-0.39, 0.29) is 65.7 Å². The molecule has 8 rings (SSSR count). The molecule has 64 heavy (non-hydrogen) atoms. The number of likely N-dealkylation sites (tertiary alicyclic amines) is 2. The SMILES string of the molecule is C.C.COOC=N[C@@H](C(=O)N1CCC[C@H]1c1ncc(-c2ccc(/C=C/c3ccc4nc([C@@H]5CCCN5C(=O)[C@H](NC(=O)OC)c5ccccc5)[nH]c4c3)cc2)[nH]1)c1ccccc1.S.S. The van der Waals surface area contributed by atoms with Crippen molar-refractivity contribution in [2.45, 2.75) is 64.7 Å². The van der Waals surface area contributed by atoms with Gasteiger partial charge in [-0.2, -0.15) is 31.9 Å². The second-order valence-corrected chi connectivity index (χ2v) is 14.7. The van der Waals surface area contributed by atoms with Crippen molar-refractivity contribution in [1.29, 1.82) is 0 Å². The third kappa shape index (κ3) is 11.2. The van der Waals surface area contributed by atoms with E-state index < -0.39 is 18.2 Å². The molecule has 0 saturated carbocycles. The predicted molar refractivity (Wildman–Crippen MR) is 261 cm³/mol. The molecule has 2 aromatic heterocycles. The van der Waals surface area contributed by atoms with Gasteiger partial charge in [-0.3, -0.25) is 9.59 Å². The number of aromatic amines is 2. The molecule has 2 fully saturated rings. The third-order valence-corrected chi connectivity index (χ3v) is 11.0. The Morgan fingerprint density at radius 1 is 0.766 bits per heavy atom. The number of carbonyl (C=O) groups excluding carboxylic acids is 3. The lowest BCUT2D eigenvalue weighted by atomic mass is 10.1. The van der Waals surface area contributed by atoms with Crippen molar-refractivity contribution in [2.24, 2.45) is 4.99 Å². The summed E-state index contributed by atoms with van der Waals surface area (Å²) < 4.78 is 4.83. The minimum Gasteiger partial charge on any atom is -0.453 e. The molecule has 338 valence electrons. The Bertz CT molecular complexity index is 2500. The van der Waals surface area contributed by atoms with Crippen LogP contribution in [0.25, 0.3) is 34.4 Å². The summed E-state index contributed by atoms with van der Waals surface area (Å²) in [6.45, 7) is 1.16. The van der Waals surface area contributed by atoms with Gasteiger partial charge in [0, 0.05) is 13.1 Å². The number of aromatic nitrogens is 4. The van der Waals surface area contributed by atoms with Crippen molar-refractivity contribution < 1.29 is 28.9 Å². The Balaban J connectivity index is 0.00000224. The fourth-order valence-electron chi connectivity index (χ4n) is 8.05. The average Bonchev–Trinajstić information content (AvgIpc) is 4.13. The molecule has 4 atom stereocenters. The van der Waals surface area contributed by atoms with Crippen LogP contribution in [0.15, 0.2) is 114 Å². The van der Waals surface area contributed by atoms with E-state index in [4.69, 9.17) is 19.6 Å². The van der Waals surface area contributed by atoms with E-state index in [9.17, 15) is 14.4 Å². The van der Waals surface area contributed by atoms with Crippen LogP contribution in [0.2, 0.25) is 0 Å². The molecule has 3 N–H and O–H groups in total. The van der Waals surface area contributed by atoms with Crippen LogP contribution in [0.4, 0.5) is 4.79 Å². The van der Waals surface area contributed by atoms with Crippen LogP contribution in [0, 0.1) is 0 Å². The second kappa shape index (κ2) is 23.4. The van der Waals surface area contributed by atoms with Gasteiger partial charge in [0.1, 0.15) is 17.7 Å². The van der Waals surface area contributed by atoms with E-state index >= 15 is 0 Å². The molecule has 14 nitrogen and oxygen atoms in total. The van der Waals surface area contributed by atoms with Gasteiger partial charge in [0.05, 0.1) is 49.2 Å². The van der Waals surface area contributed by atoms with Crippen molar-refractivity contribution in [3.05, 3.63) is 143 Å². The van der Waals surface area contributed by atoms with E-state index in [1.807, 2.05) is 102 Å². The molecule has 3 amide bonds. The maximum atomic E-state index is 13.9. The number of rotatable bonds is 13. The van der Waals surface area contributed by atoms with E-state index in [0.717, 1.165) is 76.9 Å². The van der Waals surface area contributed by atoms with Gasteiger partial charge in [0.25, 0.3) is 11.8 Å². The van der Waals surface area contributed by atoms with Gasteiger partial charge in [0.2, 0.25) is 6.40 Å². The number of benzene rings is 4. The molecular formula is C48H58N8O6S2. The molecule has 0 unspecified atom stereocenters. The number of carbonyl (C=O) groups is 3. The first-order valence-electron chi connectivity index (χ1n) is 20.0. The van der Waals surface area contributed by atoms with Gasteiger partial charge >= 0.3 is 6.09 Å². The lowest BCUT2D eigenvalue weighted by Gasteiger charge is -2.28. The highest BCUT2D eigenvalue weighted by atomic mass is 32.1. The summed E-state index contributed by atoms with van der Waals surface area (Å²) in [4.78, 5) is 74.1. The average molecular weight is 907 g/mol. The van der Waals surface area contributed by atoms with Crippen molar-refractivity contribution in [2.75, 3.05) is 27.3 Å². The molecule has 0 spiro atoms. The van der Waals surface area contributed by atoms with Gasteiger partial charge in [-0.25, -0.2) is 19.8 Å². The highest BCUT2D eigenvalue weighted by Gasteiger charge is 2.38. The van der Waals surface area contributed by atoms with Crippen LogP contribution in [0.5, 0.6) is 0 Å². The normalized spacial score (nSPS) is 16.6. The van der Waals surface area contributed by atoms with Crippen LogP contribution < -0.4 is 5.32 Å². The van der Waals surface area contributed by atoms with Crippen molar-refractivity contribution >= 4 is 74.5 Å². The Kier molecular flexibility index (Phi) is 18.4. The number of amides is 3. The van der Waals surface area contributed by atoms with Crippen LogP contribution in [0.3, 0.4) is 0 Å². The molecule has 4 aromatic carbocycles. The summed E-state index contributed by atoms with van der Waals surface area (Å²) in [5.74, 6) is 1.11. The number of nitrogens with zero attached hydrogens (tertiary/aromatic N) is 5. The minimum atomic E-state index is -0.880. The number of aliphatic imine (C=N–C) groups is 1. The van der Waals surface area contributed by atoms with E-state index in [2.05, 4.69) is 49.4 Å². The number of methoxy groups -OCH3 is 1. The van der Waals surface area contributed by atoms with Crippen molar-refractivity contribution in [3.8, 4) is 11.3 Å². The maximum Gasteiger partial charge on any atom is 0.407 e. The number of fused-ring (bicyclic) bond motifs is 1. The van der Waals surface area contributed by atoms with Gasteiger partial charge in [-0.1, -0.05) is 118 Å². The smallest absolute Gasteiger partial charge is 0.407 e. The molecular weight excluding hydrogens is 849 g/mol. The van der Waals surface area contributed by atoms with Crippen LogP contribution in [-0.2, 0) is 24.1 Å². The first-order chi connectivity index (χ1) is 29.4. The number of hydrogen-bond acceptors (Lipinski definition) is 9. The van der Waals surface area contributed by atoms with Gasteiger partial charge in [-0.15, -0.1) is 0 Å². The standard InChI is InChI=1S/C46H46N8O6.2CH4.2H2S/c1-58-46(57)52-41(34-13-7-4-8-14-34)45(56)54-26-10-16-39(54)43-49-35-24-21-31(27-36(35)50-43)18-17-30-19-22-32(23-20-30)37-28-47-42(51-37)38-15-9-25-53(38)44(55)40(48-29-60-59-2)33-11-5-3-6-12-33;;;;/h3-8,11-14,17-24,27-29,38-41H,9-10,15-16,25-26H2,1-2H3,(H,47,51)(H,49,50)(H,52,57);2*1H4;2*1H2/b18-17+,48-29?;;;;/t38-,39-,40+,41+;;;;/m0..../s1. The largest absolute Gasteiger partial charge is 0.453 e. The fourth-order valence-corrected chi connectivity index (χ4v) is 8.05. The van der Waals surface area contributed by atoms with Gasteiger partial charge in [0.15, 0.2) is 6.04 Å². The van der Waals surface area contributed by atoms with E-state index in [0.29, 0.717) is 24.5 Å². The number of hydrogen-bond donors (Lipinski definition) is 3. The molecule has 0 radical (unpaired) electrons. The molecule has 4 heterocycles. The molecule has 2 aliphatic heterocycles. The summed E-state index contributed by atoms with van der Waals surface area (Å²) in [5.41, 5.74) is 6.99. The highest BCUT2D eigenvalue weighted by Crippen LogP contribution is 2.36. The van der Waals surface area contributed by atoms with Gasteiger partial charge < -0.3 is 34.7 Å². The Morgan fingerprint density at radius 3 is 2.03 bits per heavy atom. The molecule has 16 heteroatoms. The highest BCUT2D eigenvalue weighted by molar-refractivity contribution is 7.59. The summed E-state index contributed by atoms with van der Waals surface area (Å²) >= 11 is 0. The predicted octanol–water partition coefficient (Wildman–Crippen LogP) is 9.39. The zero-order valence-electron chi connectivity index (χ0n) is 34.4. The van der Waals surface area contributed by atoms with Crippen molar-refractivity contribution in [3.63, 3.8) is 0 Å². The zero-order chi connectivity index (χ0) is 41.4. The summed E-state index contributed by atoms with van der Waals surface area (Å²) in [5, 5.41) is 2.72. The molecule has 2 saturated heterocycles. The lowest BCUT2D eigenvalue weighted by Crippen LogP contribution is -2.42. The van der Waals surface area contributed by atoms with Crippen LogP contribution in [-0.4, -0.2) is 81.4 Å². The zero-order valence-corrected chi connectivity index (χ0v) is 36.4. The van der Waals surface area contributed by atoms with E-state index in [1.165, 1.54) is 14.2 Å². The molecule has 2 aliphatic rings. The second-order valence-electron chi connectivity index (χ2n) is 14.7. The maximum absolute atomic E-state index is 13.9. The Morgan fingerprint density at radius 2 is 1.38 bits per heavy atom. The Hall–Kier alpha value is -6.36. The monoisotopic (exact) mass is 906 g/mol. The van der Waals surface area contributed by atoms with Crippen LogP contribution in [0.1, 0.15) is 98.6 Å². The lowest BCUT2D eigenvalue weighted by molar-refractivity contribution is -0.188. The minimum absolute atomic E-state index is 0. The molecule has 0 aliphatic carbocycles. The first kappa shape index (κ1) is 50.3. The number of H-pyrrole nitrogens is 2. The number of alkyl carbamates (subject to hydrolysis) is 1. The number of imidazole rings is 2. The van der Waals surface area contributed by atoms with Crippen LogP contribution >= 0.6 is 27.0 Å². The molecule has 6 aromatic rings.